The molecule has 0 spiro atoms. The SMILES string of the molecule is CCCOc1ccc(C(=O)N[C@H]2CC[C@@H](C(=O)O)C2)cc1OCC. The molecule has 0 heterocycles. The molecule has 0 unspecified atom stereocenters. The predicted octanol–water partition coefficient (Wildman–Crippen LogP) is 2.86. The maximum atomic E-state index is 12.4. The molecule has 1 aliphatic rings. The lowest BCUT2D eigenvalue weighted by atomic mass is 10.1. The number of carboxylic acid groups (broad SMARTS) is 1. The van der Waals surface area contributed by atoms with E-state index in [1.807, 2.05) is 13.8 Å². The molecule has 1 fully saturated rings. The molecule has 0 aliphatic heterocycles. The summed E-state index contributed by atoms with van der Waals surface area (Å²) in [5.74, 6) is -0.188. The molecule has 1 aromatic carbocycles. The number of carbonyl (C=O) groups is 2. The van der Waals surface area contributed by atoms with Crippen LogP contribution in [0.2, 0.25) is 0 Å². The minimum absolute atomic E-state index is 0.0924. The second kappa shape index (κ2) is 8.57. The lowest BCUT2D eigenvalue weighted by Gasteiger charge is -2.15. The molecule has 0 saturated heterocycles. The van der Waals surface area contributed by atoms with Crippen LogP contribution < -0.4 is 14.8 Å². The normalized spacial score (nSPS) is 19.8. The highest BCUT2D eigenvalue weighted by atomic mass is 16.5. The Labute approximate surface area is 142 Å². The van der Waals surface area contributed by atoms with Gasteiger partial charge in [0, 0.05) is 11.6 Å². The van der Waals surface area contributed by atoms with Crippen molar-refractivity contribution in [1.82, 2.24) is 5.32 Å². The van der Waals surface area contributed by atoms with Gasteiger partial charge in [-0.25, -0.2) is 0 Å². The Morgan fingerprint density at radius 3 is 2.62 bits per heavy atom. The van der Waals surface area contributed by atoms with E-state index in [9.17, 15) is 9.59 Å². The zero-order chi connectivity index (χ0) is 17.5. The van der Waals surface area contributed by atoms with Crippen LogP contribution in [0.15, 0.2) is 18.2 Å². The Morgan fingerprint density at radius 2 is 2.00 bits per heavy atom. The summed E-state index contributed by atoms with van der Waals surface area (Å²) >= 11 is 0. The highest BCUT2D eigenvalue weighted by Crippen LogP contribution is 2.30. The largest absolute Gasteiger partial charge is 0.490 e. The second-order valence-electron chi connectivity index (χ2n) is 5.96. The quantitative estimate of drug-likeness (QED) is 0.763. The fraction of sp³-hybridized carbons (Fsp3) is 0.556. The summed E-state index contributed by atoms with van der Waals surface area (Å²) in [6.45, 7) is 4.97. The Balaban J connectivity index is 2.03. The van der Waals surface area contributed by atoms with Crippen LogP contribution in [0.5, 0.6) is 11.5 Å². The van der Waals surface area contributed by atoms with Crippen molar-refractivity contribution in [3.8, 4) is 11.5 Å². The molecular weight excluding hydrogens is 310 g/mol. The fourth-order valence-corrected chi connectivity index (χ4v) is 2.85. The van der Waals surface area contributed by atoms with Gasteiger partial charge in [-0.05, 0) is 50.8 Å². The molecule has 0 bridgehead atoms. The maximum absolute atomic E-state index is 12.4. The molecule has 1 aromatic rings. The number of nitrogens with one attached hydrogen (secondary N) is 1. The van der Waals surface area contributed by atoms with Crippen LogP contribution in [-0.4, -0.2) is 36.2 Å². The highest BCUT2D eigenvalue weighted by Gasteiger charge is 2.30. The first-order valence-corrected chi connectivity index (χ1v) is 8.48. The molecule has 0 aromatic heterocycles. The van der Waals surface area contributed by atoms with E-state index in [1.54, 1.807) is 18.2 Å². The molecule has 2 atom stereocenters. The molecule has 132 valence electrons. The number of carbonyl (C=O) groups excluding carboxylic acids is 1. The summed E-state index contributed by atoms with van der Waals surface area (Å²) in [4.78, 5) is 23.4. The Bertz CT molecular complexity index is 587. The average molecular weight is 335 g/mol. The molecule has 2 N–H and O–H groups in total. The number of amides is 1. The van der Waals surface area contributed by atoms with E-state index in [4.69, 9.17) is 14.6 Å². The lowest BCUT2D eigenvalue weighted by Crippen LogP contribution is -2.33. The maximum Gasteiger partial charge on any atom is 0.306 e. The number of benzene rings is 1. The number of carboxylic acids is 1. The van der Waals surface area contributed by atoms with Crippen LogP contribution in [0.25, 0.3) is 0 Å². The minimum Gasteiger partial charge on any atom is -0.490 e. The van der Waals surface area contributed by atoms with E-state index in [1.165, 1.54) is 0 Å². The van der Waals surface area contributed by atoms with Crippen molar-refractivity contribution in [3.63, 3.8) is 0 Å². The van der Waals surface area contributed by atoms with E-state index in [2.05, 4.69) is 5.32 Å². The first-order chi connectivity index (χ1) is 11.5. The summed E-state index contributed by atoms with van der Waals surface area (Å²) < 4.78 is 11.2. The smallest absolute Gasteiger partial charge is 0.306 e. The van der Waals surface area contributed by atoms with Crippen molar-refractivity contribution < 1.29 is 24.2 Å². The third-order valence-corrected chi connectivity index (χ3v) is 4.08. The Kier molecular flexibility index (Phi) is 6.46. The Hall–Kier alpha value is -2.24. The van der Waals surface area contributed by atoms with E-state index < -0.39 is 5.97 Å². The van der Waals surface area contributed by atoms with Gasteiger partial charge < -0.3 is 19.9 Å². The summed E-state index contributed by atoms with van der Waals surface area (Å²) in [5.41, 5.74) is 0.487. The monoisotopic (exact) mass is 335 g/mol. The topological polar surface area (TPSA) is 84.9 Å². The minimum atomic E-state index is -0.789. The van der Waals surface area contributed by atoms with Crippen molar-refractivity contribution in [2.24, 2.45) is 5.92 Å². The van der Waals surface area contributed by atoms with Gasteiger partial charge >= 0.3 is 5.97 Å². The molecule has 6 heteroatoms. The standard InChI is InChI=1S/C18H25NO5/c1-3-9-24-15-8-6-12(11-16(15)23-4-2)17(20)19-14-7-5-13(10-14)18(21)22/h6,8,11,13-14H,3-5,7,9-10H2,1-2H3,(H,19,20)(H,21,22)/t13-,14+/m1/s1. The van der Waals surface area contributed by atoms with Crippen molar-refractivity contribution in [2.75, 3.05) is 13.2 Å². The fourth-order valence-electron chi connectivity index (χ4n) is 2.85. The number of hydrogen-bond acceptors (Lipinski definition) is 4. The van der Waals surface area contributed by atoms with Crippen LogP contribution in [0.3, 0.4) is 0 Å². The number of rotatable bonds is 8. The van der Waals surface area contributed by atoms with Gasteiger partial charge in [0.15, 0.2) is 11.5 Å². The third-order valence-electron chi connectivity index (χ3n) is 4.08. The van der Waals surface area contributed by atoms with Crippen LogP contribution in [0.4, 0.5) is 0 Å². The molecule has 1 saturated carbocycles. The molecular formula is C18H25NO5. The number of aliphatic carboxylic acids is 1. The van der Waals surface area contributed by atoms with Gasteiger partial charge in [0.05, 0.1) is 19.1 Å². The van der Waals surface area contributed by atoms with E-state index in [-0.39, 0.29) is 17.9 Å². The molecule has 6 nitrogen and oxygen atoms in total. The highest BCUT2D eigenvalue weighted by molar-refractivity contribution is 5.95. The van der Waals surface area contributed by atoms with Crippen molar-refractivity contribution in [1.29, 1.82) is 0 Å². The lowest BCUT2D eigenvalue weighted by molar-refractivity contribution is -0.141. The molecule has 2 rings (SSSR count). The molecule has 24 heavy (non-hydrogen) atoms. The van der Waals surface area contributed by atoms with Crippen molar-refractivity contribution in [3.05, 3.63) is 23.8 Å². The van der Waals surface area contributed by atoms with Gasteiger partial charge in [0.2, 0.25) is 0 Å². The van der Waals surface area contributed by atoms with Gasteiger partial charge in [-0.1, -0.05) is 6.92 Å². The summed E-state index contributed by atoms with van der Waals surface area (Å²) in [5, 5.41) is 11.9. The second-order valence-corrected chi connectivity index (χ2v) is 5.96. The van der Waals surface area contributed by atoms with Gasteiger partial charge in [0.1, 0.15) is 0 Å². The molecule has 0 radical (unpaired) electrons. The van der Waals surface area contributed by atoms with Crippen molar-refractivity contribution >= 4 is 11.9 Å². The van der Waals surface area contributed by atoms with Gasteiger partial charge in [-0.15, -0.1) is 0 Å². The zero-order valence-electron chi connectivity index (χ0n) is 14.2. The van der Waals surface area contributed by atoms with Crippen LogP contribution in [0, 0.1) is 5.92 Å². The average Bonchev–Trinajstić information content (AvgIpc) is 3.02. The van der Waals surface area contributed by atoms with Crippen LogP contribution in [-0.2, 0) is 4.79 Å². The third kappa shape index (κ3) is 4.63. The summed E-state index contributed by atoms with van der Waals surface area (Å²) in [7, 11) is 0. The van der Waals surface area contributed by atoms with Gasteiger partial charge in [-0.3, -0.25) is 9.59 Å². The molecule has 1 aliphatic carbocycles. The molecule has 1 amide bonds. The van der Waals surface area contributed by atoms with Crippen LogP contribution >= 0.6 is 0 Å². The number of hydrogen-bond donors (Lipinski definition) is 2. The van der Waals surface area contributed by atoms with E-state index in [0.717, 1.165) is 6.42 Å². The first kappa shape index (κ1) is 18.1. The van der Waals surface area contributed by atoms with E-state index >= 15 is 0 Å². The van der Waals surface area contributed by atoms with Gasteiger partial charge in [-0.2, -0.15) is 0 Å². The predicted molar refractivity (Wildman–Crippen MR) is 89.6 cm³/mol. The summed E-state index contributed by atoms with van der Waals surface area (Å²) in [6, 6.07) is 5.02. The van der Waals surface area contributed by atoms with Crippen molar-refractivity contribution in [2.45, 2.75) is 45.6 Å². The zero-order valence-corrected chi connectivity index (χ0v) is 14.2. The van der Waals surface area contributed by atoms with Crippen LogP contribution in [0.1, 0.15) is 49.9 Å². The van der Waals surface area contributed by atoms with Gasteiger partial charge in [0.25, 0.3) is 5.91 Å². The van der Waals surface area contributed by atoms with E-state index in [0.29, 0.717) is 49.5 Å². The Morgan fingerprint density at radius 1 is 1.21 bits per heavy atom. The first-order valence-electron chi connectivity index (χ1n) is 8.48. The number of ether oxygens (including phenoxy) is 2. The summed E-state index contributed by atoms with van der Waals surface area (Å²) in [6.07, 6.45) is 2.67.